The van der Waals surface area contributed by atoms with Gasteiger partial charge in [0, 0.05) is 7.11 Å². The van der Waals surface area contributed by atoms with Crippen LogP contribution in [-0.4, -0.2) is 115 Å². The van der Waals surface area contributed by atoms with E-state index in [1.54, 1.807) is 7.11 Å². The van der Waals surface area contributed by atoms with Crippen molar-refractivity contribution in [2.75, 3.05) is 79.8 Å². The standard InChI is InChI=1S/C22H46O9/c1-18(24-6)14-28-20(3)16-30-22(5)17-31-21(4)15-29-19(2)13-27-12-11-26-10-9-25-8-7-23/h18-23H,7-17H2,1-6H3. The minimum atomic E-state index is -0.0352. The smallest absolute Gasteiger partial charge is 0.0781 e. The minimum Gasteiger partial charge on any atom is -0.394 e. The summed E-state index contributed by atoms with van der Waals surface area (Å²) in [6, 6.07) is 0. The average molecular weight is 455 g/mol. The molecule has 0 aromatic rings. The fraction of sp³-hybridized carbons (Fsp3) is 1.00. The number of aliphatic hydroxyl groups is 1. The van der Waals surface area contributed by atoms with Crippen LogP contribution in [0.25, 0.3) is 0 Å². The normalized spacial score (nSPS) is 16.7. The minimum absolute atomic E-state index is 0.00616. The topological polar surface area (TPSA) is 94.1 Å². The first-order valence-corrected chi connectivity index (χ1v) is 11.2. The van der Waals surface area contributed by atoms with Gasteiger partial charge in [-0.05, 0) is 34.6 Å². The zero-order chi connectivity index (χ0) is 23.3. The summed E-state index contributed by atoms with van der Waals surface area (Å²) in [5.41, 5.74) is 0. The van der Waals surface area contributed by atoms with Crippen LogP contribution in [0.4, 0.5) is 0 Å². The van der Waals surface area contributed by atoms with Crippen molar-refractivity contribution in [2.24, 2.45) is 0 Å². The summed E-state index contributed by atoms with van der Waals surface area (Å²) in [5.74, 6) is 0. The third-order valence-corrected chi connectivity index (χ3v) is 4.20. The van der Waals surface area contributed by atoms with Crippen LogP contribution in [0.2, 0.25) is 0 Å². The molecule has 0 fully saturated rings. The molecule has 1 N–H and O–H groups in total. The molecule has 5 atom stereocenters. The van der Waals surface area contributed by atoms with E-state index in [9.17, 15) is 0 Å². The first-order chi connectivity index (χ1) is 14.9. The van der Waals surface area contributed by atoms with Gasteiger partial charge in [-0.25, -0.2) is 0 Å². The molecule has 0 aromatic carbocycles. The Labute approximate surface area is 188 Å². The van der Waals surface area contributed by atoms with Crippen molar-refractivity contribution in [1.82, 2.24) is 0 Å². The number of hydrogen-bond acceptors (Lipinski definition) is 9. The van der Waals surface area contributed by atoms with Crippen LogP contribution in [0.5, 0.6) is 0 Å². The number of ether oxygens (including phenoxy) is 8. The van der Waals surface area contributed by atoms with Crippen molar-refractivity contribution >= 4 is 0 Å². The lowest BCUT2D eigenvalue weighted by atomic mass is 10.3. The van der Waals surface area contributed by atoms with Crippen molar-refractivity contribution in [3.63, 3.8) is 0 Å². The van der Waals surface area contributed by atoms with Crippen LogP contribution in [0, 0.1) is 0 Å². The van der Waals surface area contributed by atoms with Gasteiger partial charge in [-0.3, -0.25) is 0 Å². The van der Waals surface area contributed by atoms with Gasteiger partial charge in [0.2, 0.25) is 0 Å². The van der Waals surface area contributed by atoms with Crippen molar-refractivity contribution in [2.45, 2.75) is 65.1 Å². The van der Waals surface area contributed by atoms with Crippen molar-refractivity contribution in [3.8, 4) is 0 Å². The van der Waals surface area contributed by atoms with Crippen LogP contribution in [0.3, 0.4) is 0 Å². The van der Waals surface area contributed by atoms with Crippen LogP contribution < -0.4 is 0 Å². The summed E-state index contributed by atoms with van der Waals surface area (Å²) in [6.07, 6.45) is -0.00465. The summed E-state index contributed by atoms with van der Waals surface area (Å²) >= 11 is 0. The Kier molecular flexibility index (Phi) is 21.2. The first kappa shape index (κ1) is 30.6. The van der Waals surface area contributed by atoms with Crippen LogP contribution in [0.15, 0.2) is 0 Å². The molecule has 9 nitrogen and oxygen atoms in total. The molecule has 0 aliphatic carbocycles. The van der Waals surface area contributed by atoms with Gasteiger partial charge in [0.05, 0.1) is 103 Å². The molecule has 0 spiro atoms. The molecule has 5 unspecified atom stereocenters. The van der Waals surface area contributed by atoms with E-state index in [4.69, 9.17) is 43.0 Å². The Bertz CT molecular complexity index is 373. The molecular formula is C22H46O9. The van der Waals surface area contributed by atoms with E-state index in [1.807, 2.05) is 34.6 Å². The summed E-state index contributed by atoms with van der Waals surface area (Å²) < 4.78 is 44.2. The van der Waals surface area contributed by atoms with E-state index in [1.165, 1.54) is 0 Å². The van der Waals surface area contributed by atoms with E-state index < -0.39 is 0 Å². The Morgan fingerprint density at radius 3 is 1.26 bits per heavy atom. The zero-order valence-corrected chi connectivity index (χ0v) is 20.4. The Balaban J connectivity index is 3.58. The second-order valence-corrected chi connectivity index (χ2v) is 7.65. The molecule has 0 aliphatic rings. The number of hydrogen-bond donors (Lipinski definition) is 1. The molecule has 9 heteroatoms. The van der Waals surface area contributed by atoms with E-state index >= 15 is 0 Å². The highest BCUT2D eigenvalue weighted by Crippen LogP contribution is 2.03. The van der Waals surface area contributed by atoms with E-state index in [-0.39, 0.29) is 37.1 Å². The molecular weight excluding hydrogens is 408 g/mol. The highest BCUT2D eigenvalue weighted by molar-refractivity contribution is 4.57. The number of aliphatic hydroxyl groups excluding tert-OH is 1. The third kappa shape index (κ3) is 21.3. The van der Waals surface area contributed by atoms with Crippen LogP contribution in [-0.2, 0) is 37.9 Å². The molecule has 188 valence electrons. The van der Waals surface area contributed by atoms with Gasteiger partial charge in [0.25, 0.3) is 0 Å². The fourth-order valence-electron chi connectivity index (χ4n) is 2.21. The second-order valence-electron chi connectivity index (χ2n) is 7.65. The molecule has 31 heavy (non-hydrogen) atoms. The molecule has 0 saturated heterocycles. The summed E-state index contributed by atoms with van der Waals surface area (Å²) in [5, 5.41) is 8.58. The van der Waals surface area contributed by atoms with Gasteiger partial charge in [-0.15, -0.1) is 0 Å². The molecule has 0 bridgehead atoms. The highest BCUT2D eigenvalue weighted by atomic mass is 16.6. The average Bonchev–Trinajstić information content (AvgIpc) is 2.77. The molecule has 0 aliphatic heterocycles. The predicted molar refractivity (Wildman–Crippen MR) is 118 cm³/mol. The Hall–Kier alpha value is -0.360. The van der Waals surface area contributed by atoms with Gasteiger partial charge in [-0.1, -0.05) is 0 Å². The molecule has 0 aromatic heterocycles. The van der Waals surface area contributed by atoms with E-state index in [0.29, 0.717) is 66.1 Å². The quantitative estimate of drug-likeness (QED) is 0.231. The molecule has 0 heterocycles. The van der Waals surface area contributed by atoms with E-state index in [2.05, 4.69) is 0 Å². The molecule has 0 amide bonds. The maximum absolute atomic E-state index is 8.58. The SMILES string of the molecule is COC(C)COC(C)COC(C)COC(C)COC(C)COCCOCCOCCO. The lowest BCUT2D eigenvalue weighted by Crippen LogP contribution is -2.29. The molecule has 0 rings (SSSR count). The summed E-state index contributed by atoms with van der Waals surface area (Å²) in [6.45, 7) is 14.8. The number of methoxy groups -OCH3 is 1. The van der Waals surface area contributed by atoms with Crippen LogP contribution >= 0.6 is 0 Å². The van der Waals surface area contributed by atoms with Crippen molar-refractivity contribution < 1.29 is 43.0 Å². The highest BCUT2D eigenvalue weighted by Gasteiger charge is 2.12. The van der Waals surface area contributed by atoms with Gasteiger partial charge >= 0.3 is 0 Å². The predicted octanol–water partition coefficient (Wildman–Crippen LogP) is 1.68. The molecule has 0 radical (unpaired) electrons. The largest absolute Gasteiger partial charge is 0.394 e. The van der Waals surface area contributed by atoms with Crippen molar-refractivity contribution in [1.29, 1.82) is 0 Å². The van der Waals surface area contributed by atoms with Gasteiger partial charge in [0.15, 0.2) is 0 Å². The van der Waals surface area contributed by atoms with Gasteiger partial charge in [-0.2, -0.15) is 0 Å². The zero-order valence-electron chi connectivity index (χ0n) is 20.4. The molecule has 0 saturated carbocycles. The van der Waals surface area contributed by atoms with Crippen LogP contribution in [0.1, 0.15) is 34.6 Å². The first-order valence-electron chi connectivity index (χ1n) is 11.2. The lowest BCUT2D eigenvalue weighted by Gasteiger charge is -2.21. The monoisotopic (exact) mass is 454 g/mol. The second kappa shape index (κ2) is 21.5. The Morgan fingerprint density at radius 2 is 0.839 bits per heavy atom. The summed E-state index contributed by atoms with van der Waals surface area (Å²) in [7, 11) is 1.67. The third-order valence-electron chi connectivity index (χ3n) is 4.20. The number of rotatable bonds is 23. The Morgan fingerprint density at radius 1 is 0.484 bits per heavy atom. The van der Waals surface area contributed by atoms with Gasteiger partial charge < -0.3 is 43.0 Å². The maximum atomic E-state index is 8.58. The maximum Gasteiger partial charge on any atom is 0.0781 e. The fourth-order valence-corrected chi connectivity index (χ4v) is 2.21. The lowest BCUT2D eigenvalue weighted by molar-refractivity contribution is -0.0985. The van der Waals surface area contributed by atoms with Crippen molar-refractivity contribution in [3.05, 3.63) is 0 Å². The van der Waals surface area contributed by atoms with Gasteiger partial charge in [0.1, 0.15) is 0 Å². The van der Waals surface area contributed by atoms with E-state index in [0.717, 1.165) is 0 Å². The summed E-state index contributed by atoms with van der Waals surface area (Å²) in [4.78, 5) is 0.